The Hall–Kier alpha value is -0.610. The first-order valence-electron chi connectivity index (χ1n) is 5.94. The molecule has 0 aromatic heterocycles. The lowest BCUT2D eigenvalue weighted by Crippen LogP contribution is -2.38. The molecule has 0 unspecified atom stereocenters. The monoisotopic (exact) mass is 214 g/mol. The molecule has 1 rings (SSSR count). The van der Waals surface area contributed by atoms with Crippen LogP contribution in [-0.4, -0.2) is 37.3 Å². The van der Waals surface area contributed by atoms with E-state index in [4.69, 9.17) is 5.11 Å². The molecule has 0 aromatic carbocycles. The average Bonchev–Trinajstić information content (AvgIpc) is 2.30. The Labute approximate surface area is 91.4 Å². The predicted molar refractivity (Wildman–Crippen MR) is 59.5 cm³/mol. The maximum absolute atomic E-state index is 11.6. The normalized spacial score (nSPS) is 17.7. The molecule has 0 spiro atoms. The molecule has 1 heterocycles. The van der Waals surface area contributed by atoms with E-state index in [1.165, 1.54) is 0 Å². The van der Waals surface area contributed by atoms with Crippen molar-refractivity contribution >= 4 is 5.91 Å². The van der Waals surface area contributed by atoms with Gasteiger partial charge in [-0.25, -0.2) is 0 Å². The van der Waals surface area contributed by atoms with E-state index in [2.05, 4.69) is 10.6 Å². The lowest BCUT2D eigenvalue weighted by Gasteiger charge is -2.21. The van der Waals surface area contributed by atoms with Crippen molar-refractivity contribution in [3.8, 4) is 0 Å². The zero-order valence-corrected chi connectivity index (χ0v) is 9.30. The summed E-state index contributed by atoms with van der Waals surface area (Å²) in [4.78, 5) is 11.6. The highest BCUT2D eigenvalue weighted by molar-refractivity contribution is 5.78. The van der Waals surface area contributed by atoms with Gasteiger partial charge >= 0.3 is 0 Å². The van der Waals surface area contributed by atoms with Gasteiger partial charge < -0.3 is 15.7 Å². The summed E-state index contributed by atoms with van der Waals surface area (Å²) in [5.41, 5.74) is 0. The number of amides is 1. The molecule has 0 atom stereocenters. The van der Waals surface area contributed by atoms with Crippen molar-refractivity contribution in [3.05, 3.63) is 0 Å². The molecule has 0 aliphatic carbocycles. The molecule has 1 aliphatic rings. The maximum atomic E-state index is 11.6. The zero-order valence-electron chi connectivity index (χ0n) is 9.30. The largest absolute Gasteiger partial charge is 0.396 e. The van der Waals surface area contributed by atoms with Crippen molar-refractivity contribution in [1.82, 2.24) is 10.6 Å². The summed E-state index contributed by atoms with van der Waals surface area (Å²) in [5, 5.41) is 14.8. The van der Waals surface area contributed by atoms with Gasteiger partial charge in [0.25, 0.3) is 0 Å². The average molecular weight is 214 g/mol. The first-order valence-corrected chi connectivity index (χ1v) is 5.94. The van der Waals surface area contributed by atoms with Crippen molar-refractivity contribution in [2.45, 2.75) is 32.1 Å². The molecule has 3 N–H and O–H groups in total. The molecule has 1 aliphatic heterocycles. The van der Waals surface area contributed by atoms with Gasteiger partial charge in [0.05, 0.1) is 0 Å². The molecule has 4 heteroatoms. The second kappa shape index (κ2) is 7.65. The van der Waals surface area contributed by atoms with Crippen LogP contribution >= 0.6 is 0 Å². The molecule has 0 aromatic rings. The molecule has 1 saturated heterocycles. The minimum absolute atomic E-state index is 0.209. The summed E-state index contributed by atoms with van der Waals surface area (Å²) in [6.45, 7) is 2.93. The maximum Gasteiger partial charge on any atom is 0.223 e. The second-order valence-electron chi connectivity index (χ2n) is 4.10. The van der Waals surface area contributed by atoms with Crippen LogP contribution in [0.1, 0.15) is 32.1 Å². The summed E-state index contributed by atoms with van der Waals surface area (Å²) in [6, 6.07) is 0. The van der Waals surface area contributed by atoms with Crippen LogP contribution in [0.2, 0.25) is 0 Å². The van der Waals surface area contributed by atoms with E-state index in [0.717, 1.165) is 51.7 Å². The van der Waals surface area contributed by atoms with Gasteiger partial charge in [0.15, 0.2) is 0 Å². The number of aliphatic hydroxyl groups is 1. The highest BCUT2D eigenvalue weighted by Crippen LogP contribution is 2.11. The lowest BCUT2D eigenvalue weighted by atomic mass is 9.97. The molecule has 4 nitrogen and oxygen atoms in total. The fourth-order valence-corrected chi connectivity index (χ4v) is 1.85. The van der Waals surface area contributed by atoms with Crippen molar-refractivity contribution < 1.29 is 9.90 Å². The standard InChI is InChI=1S/C11H22N2O2/c14-9-3-1-2-6-13-11(15)10-4-7-12-8-5-10/h10,12,14H,1-9H2,(H,13,15). The third-order valence-electron chi connectivity index (χ3n) is 2.84. The number of hydrogen-bond donors (Lipinski definition) is 3. The van der Waals surface area contributed by atoms with Crippen LogP contribution < -0.4 is 10.6 Å². The van der Waals surface area contributed by atoms with Crippen LogP contribution in [0.25, 0.3) is 0 Å². The number of hydrogen-bond acceptors (Lipinski definition) is 3. The number of piperidine rings is 1. The van der Waals surface area contributed by atoms with Gasteiger partial charge in [0, 0.05) is 19.1 Å². The van der Waals surface area contributed by atoms with E-state index in [1.807, 2.05) is 0 Å². The summed E-state index contributed by atoms with van der Waals surface area (Å²) in [5.74, 6) is 0.421. The van der Waals surface area contributed by atoms with E-state index >= 15 is 0 Å². The van der Waals surface area contributed by atoms with E-state index in [-0.39, 0.29) is 18.4 Å². The van der Waals surface area contributed by atoms with E-state index in [9.17, 15) is 4.79 Å². The highest BCUT2D eigenvalue weighted by Gasteiger charge is 2.19. The number of nitrogens with one attached hydrogen (secondary N) is 2. The van der Waals surface area contributed by atoms with Gasteiger partial charge in [0.1, 0.15) is 0 Å². The van der Waals surface area contributed by atoms with Crippen molar-refractivity contribution in [2.75, 3.05) is 26.2 Å². The van der Waals surface area contributed by atoms with Crippen molar-refractivity contribution in [2.24, 2.45) is 5.92 Å². The van der Waals surface area contributed by atoms with Crippen LogP contribution in [0.3, 0.4) is 0 Å². The second-order valence-corrected chi connectivity index (χ2v) is 4.10. The molecule has 0 saturated carbocycles. The van der Waals surface area contributed by atoms with E-state index in [1.54, 1.807) is 0 Å². The predicted octanol–water partition coefficient (Wildman–Crippen LogP) is 0.265. The van der Waals surface area contributed by atoms with Gasteiger partial charge in [-0.1, -0.05) is 0 Å². The van der Waals surface area contributed by atoms with Gasteiger partial charge in [0.2, 0.25) is 5.91 Å². The lowest BCUT2D eigenvalue weighted by molar-refractivity contribution is -0.125. The number of rotatable bonds is 6. The first kappa shape index (κ1) is 12.5. The van der Waals surface area contributed by atoms with Crippen LogP contribution in [-0.2, 0) is 4.79 Å². The summed E-state index contributed by atoms with van der Waals surface area (Å²) in [6.07, 6.45) is 4.72. The Morgan fingerprint density at radius 3 is 2.67 bits per heavy atom. The molecule has 0 bridgehead atoms. The van der Waals surface area contributed by atoms with E-state index in [0.29, 0.717) is 0 Å². The smallest absolute Gasteiger partial charge is 0.223 e. The number of aliphatic hydroxyl groups excluding tert-OH is 1. The SMILES string of the molecule is O=C(NCCCCCO)C1CCNCC1. The fraction of sp³-hybridized carbons (Fsp3) is 0.909. The molecule has 15 heavy (non-hydrogen) atoms. The number of unbranched alkanes of at least 4 members (excludes halogenated alkanes) is 2. The highest BCUT2D eigenvalue weighted by atomic mass is 16.2. The number of carbonyl (C=O) groups is 1. The Kier molecular flexibility index (Phi) is 6.36. The fourth-order valence-electron chi connectivity index (χ4n) is 1.85. The van der Waals surface area contributed by atoms with Gasteiger partial charge in [-0.2, -0.15) is 0 Å². The third-order valence-corrected chi connectivity index (χ3v) is 2.84. The van der Waals surface area contributed by atoms with Crippen molar-refractivity contribution in [3.63, 3.8) is 0 Å². The minimum Gasteiger partial charge on any atom is -0.396 e. The summed E-state index contributed by atoms with van der Waals surface area (Å²) >= 11 is 0. The zero-order chi connectivity index (χ0) is 10.9. The molecule has 88 valence electrons. The van der Waals surface area contributed by atoms with Crippen molar-refractivity contribution in [1.29, 1.82) is 0 Å². The molecule has 0 radical (unpaired) electrons. The number of carbonyl (C=O) groups excluding carboxylic acids is 1. The molecule has 1 amide bonds. The van der Waals surface area contributed by atoms with Crippen LogP contribution in [0.5, 0.6) is 0 Å². The van der Waals surface area contributed by atoms with Crippen LogP contribution in [0, 0.1) is 5.92 Å². The molecular formula is C11H22N2O2. The van der Waals surface area contributed by atoms with Gasteiger partial charge in [-0.15, -0.1) is 0 Å². The van der Waals surface area contributed by atoms with Gasteiger partial charge in [-0.05, 0) is 45.2 Å². The Balaban J connectivity index is 2.02. The quantitative estimate of drug-likeness (QED) is 0.556. The summed E-state index contributed by atoms with van der Waals surface area (Å²) in [7, 11) is 0. The Morgan fingerprint density at radius 1 is 1.27 bits per heavy atom. The van der Waals surface area contributed by atoms with Crippen LogP contribution in [0.15, 0.2) is 0 Å². The Morgan fingerprint density at radius 2 is 2.00 bits per heavy atom. The molecular weight excluding hydrogens is 192 g/mol. The summed E-state index contributed by atoms with van der Waals surface area (Å²) < 4.78 is 0. The Bertz CT molecular complexity index is 179. The minimum atomic E-state index is 0.209. The van der Waals surface area contributed by atoms with Crippen LogP contribution in [0.4, 0.5) is 0 Å². The molecule has 1 fully saturated rings. The topological polar surface area (TPSA) is 61.4 Å². The third kappa shape index (κ3) is 5.14. The van der Waals surface area contributed by atoms with Gasteiger partial charge in [-0.3, -0.25) is 4.79 Å². The first-order chi connectivity index (χ1) is 7.34. The van der Waals surface area contributed by atoms with E-state index < -0.39 is 0 Å².